The van der Waals surface area contributed by atoms with Gasteiger partial charge in [-0.05, 0) is 18.8 Å². The highest BCUT2D eigenvalue weighted by Gasteiger charge is 2.18. The average Bonchev–Trinajstić information content (AvgIpc) is 2.30. The minimum absolute atomic E-state index is 0.434. The number of hydrogen-bond acceptors (Lipinski definition) is 3. The van der Waals surface area contributed by atoms with Crippen molar-refractivity contribution in [1.82, 2.24) is 15.5 Å². The van der Waals surface area contributed by atoms with Crippen molar-refractivity contribution < 1.29 is 0 Å². The molecule has 1 rings (SSSR count). The van der Waals surface area contributed by atoms with Crippen LogP contribution in [0.15, 0.2) is 0 Å². The van der Waals surface area contributed by atoms with Crippen molar-refractivity contribution in [3.05, 3.63) is 0 Å². The summed E-state index contributed by atoms with van der Waals surface area (Å²) in [6, 6.07) is 0.662. The molecule has 0 aromatic carbocycles. The van der Waals surface area contributed by atoms with Gasteiger partial charge in [0.05, 0.1) is 0 Å². The molecule has 0 aliphatic carbocycles. The van der Waals surface area contributed by atoms with Crippen LogP contribution in [0.4, 0.5) is 0 Å². The number of rotatable bonds is 6. The highest BCUT2D eigenvalue weighted by atomic mass is 15.2. The first-order valence-electron chi connectivity index (χ1n) is 6.70. The molecule has 0 spiro atoms. The van der Waals surface area contributed by atoms with Crippen molar-refractivity contribution in [3.8, 4) is 0 Å². The molecule has 96 valence electrons. The van der Waals surface area contributed by atoms with Crippen LogP contribution in [0.2, 0.25) is 0 Å². The van der Waals surface area contributed by atoms with Crippen LogP contribution < -0.4 is 10.6 Å². The first kappa shape index (κ1) is 13.9. The third kappa shape index (κ3) is 4.81. The van der Waals surface area contributed by atoms with Crippen molar-refractivity contribution in [1.29, 1.82) is 0 Å². The summed E-state index contributed by atoms with van der Waals surface area (Å²) < 4.78 is 0. The Morgan fingerprint density at radius 2 is 1.94 bits per heavy atom. The zero-order valence-corrected chi connectivity index (χ0v) is 11.5. The number of hydrogen-bond donors (Lipinski definition) is 2. The van der Waals surface area contributed by atoms with E-state index in [1.54, 1.807) is 0 Å². The molecule has 1 fully saturated rings. The minimum Gasteiger partial charge on any atom is -0.315 e. The normalized spacial score (nSPS) is 21.0. The summed E-state index contributed by atoms with van der Waals surface area (Å²) in [5.41, 5.74) is 0.434. The Bertz CT molecular complexity index is 186. The van der Waals surface area contributed by atoms with Gasteiger partial charge in [-0.25, -0.2) is 0 Å². The van der Waals surface area contributed by atoms with Gasteiger partial charge in [0.25, 0.3) is 0 Å². The Kier molecular flexibility index (Phi) is 5.73. The molecule has 1 heterocycles. The molecule has 3 nitrogen and oxygen atoms in total. The zero-order chi connectivity index (χ0) is 12.0. The van der Waals surface area contributed by atoms with Crippen LogP contribution >= 0.6 is 0 Å². The summed E-state index contributed by atoms with van der Waals surface area (Å²) in [6.07, 6.45) is 1.24. The van der Waals surface area contributed by atoms with E-state index in [1.807, 2.05) is 0 Å². The zero-order valence-electron chi connectivity index (χ0n) is 11.5. The number of piperazine rings is 1. The molecular weight excluding hydrogens is 198 g/mol. The molecule has 16 heavy (non-hydrogen) atoms. The Balaban J connectivity index is 2.16. The van der Waals surface area contributed by atoms with Gasteiger partial charge in [-0.3, -0.25) is 4.90 Å². The van der Waals surface area contributed by atoms with Crippen LogP contribution in [0.1, 0.15) is 34.1 Å². The minimum atomic E-state index is 0.434. The fourth-order valence-electron chi connectivity index (χ4n) is 2.00. The van der Waals surface area contributed by atoms with E-state index in [4.69, 9.17) is 0 Å². The van der Waals surface area contributed by atoms with Crippen LogP contribution in [-0.4, -0.2) is 50.2 Å². The summed E-state index contributed by atoms with van der Waals surface area (Å²) in [4.78, 5) is 2.57. The van der Waals surface area contributed by atoms with Gasteiger partial charge in [0.2, 0.25) is 0 Å². The highest BCUT2D eigenvalue weighted by molar-refractivity contribution is 4.77. The second-order valence-corrected chi connectivity index (χ2v) is 5.78. The van der Waals surface area contributed by atoms with Crippen molar-refractivity contribution in [2.75, 3.05) is 39.3 Å². The average molecular weight is 227 g/mol. The largest absolute Gasteiger partial charge is 0.315 e. The molecule has 3 heteroatoms. The van der Waals surface area contributed by atoms with Gasteiger partial charge < -0.3 is 10.6 Å². The van der Waals surface area contributed by atoms with Crippen molar-refractivity contribution in [2.24, 2.45) is 5.41 Å². The van der Waals surface area contributed by atoms with Crippen molar-refractivity contribution >= 4 is 0 Å². The van der Waals surface area contributed by atoms with E-state index in [0.29, 0.717) is 11.5 Å². The maximum Gasteiger partial charge on any atom is 0.0193 e. The maximum absolute atomic E-state index is 3.61. The van der Waals surface area contributed by atoms with Crippen molar-refractivity contribution in [3.63, 3.8) is 0 Å². The molecule has 1 aliphatic rings. The summed E-state index contributed by atoms with van der Waals surface area (Å²) in [5.74, 6) is 0. The molecule has 1 atom stereocenters. The predicted molar refractivity (Wildman–Crippen MR) is 70.8 cm³/mol. The Hall–Kier alpha value is -0.120. The molecule has 0 amide bonds. The van der Waals surface area contributed by atoms with Crippen LogP contribution in [0.25, 0.3) is 0 Å². The third-order valence-corrected chi connectivity index (χ3v) is 3.78. The smallest absolute Gasteiger partial charge is 0.0193 e. The highest BCUT2D eigenvalue weighted by Crippen LogP contribution is 2.17. The van der Waals surface area contributed by atoms with E-state index in [9.17, 15) is 0 Å². The number of nitrogens with zero attached hydrogens (tertiary/aromatic N) is 1. The SMILES string of the molecule is CCC(C)(C)CNCC(C)N1CCNCC1. The van der Waals surface area contributed by atoms with E-state index < -0.39 is 0 Å². The van der Waals surface area contributed by atoms with Gasteiger partial charge in [-0.1, -0.05) is 20.8 Å². The molecule has 1 saturated heterocycles. The van der Waals surface area contributed by atoms with Gasteiger partial charge in [0, 0.05) is 45.3 Å². The first-order chi connectivity index (χ1) is 7.55. The van der Waals surface area contributed by atoms with E-state index in [-0.39, 0.29) is 0 Å². The fourth-order valence-corrected chi connectivity index (χ4v) is 2.00. The van der Waals surface area contributed by atoms with Gasteiger partial charge in [-0.2, -0.15) is 0 Å². The van der Waals surface area contributed by atoms with Crippen LogP contribution in [0.3, 0.4) is 0 Å². The lowest BCUT2D eigenvalue weighted by Gasteiger charge is -2.33. The lowest BCUT2D eigenvalue weighted by molar-refractivity contribution is 0.176. The topological polar surface area (TPSA) is 27.3 Å². The monoisotopic (exact) mass is 227 g/mol. The second kappa shape index (κ2) is 6.58. The summed E-state index contributed by atoms with van der Waals surface area (Å²) in [6.45, 7) is 16.2. The maximum atomic E-state index is 3.61. The summed E-state index contributed by atoms with van der Waals surface area (Å²) in [5, 5.41) is 7.01. The Labute approximate surface area is 101 Å². The Morgan fingerprint density at radius 1 is 1.31 bits per heavy atom. The molecule has 1 aliphatic heterocycles. The molecular formula is C13H29N3. The third-order valence-electron chi connectivity index (χ3n) is 3.78. The second-order valence-electron chi connectivity index (χ2n) is 5.78. The Morgan fingerprint density at radius 3 is 2.50 bits per heavy atom. The van der Waals surface area contributed by atoms with Crippen LogP contribution in [0, 0.1) is 5.41 Å². The van der Waals surface area contributed by atoms with Crippen LogP contribution in [0.5, 0.6) is 0 Å². The lowest BCUT2D eigenvalue weighted by atomic mass is 9.90. The lowest BCUT2D eigenvalue weighted by Crippen LogP contribution is -2.50. The van der Waals surface area contributed by atoms with Gasteiger partial charge >= 0.3 is 0 Å². The van der Waals surface area contributed by atoms with E-state index in [0.717, 1.165) is 26.2 Å². The van der Waals surface area contributed by atoms with Gasteiger partial charge in [0.1, 0.15) is 0 Å². The predicted octanol–water partition coefficient (Wildman–Crippen LogP) is 1.31. The molecule has 0 radical (unpaired) electrons. The fraction of sp³-hybridized carbons (Fsp3) is 1.00. The molecule has 0 aromatic rings. The molecule has 0 bridgehead atoms. The molecule has 1 unspecified atom stereocenters. The quantitative estimate of drug-likeness (QED) is 0.716. The summed E-state index contributed by atoms with van der Waals surface area (Å²) >= 11 is 0. The number of nitrogens with one attached hydrogen (secondary N) is 2. The van der Waals surface area contributed by atoms with Gasteiger partial charge in [-0.15, -0.1) is 0 Å². The van der Waals surface area contributed by atoms with E-state index in [2.05, 4.69) is 43.2 Å². The first-order valence-corrected chi connectivity index (χ1v) is 6.70. The molecule has 2 N–H and O–H groups in total. The van der Waals surface area contributed by atoms with E-state index in [1.165, 1.54) is 19.5 Å². The standard InChI is InChI=1S/C13H29N3/c1-5-13(3,4)11-15-10-12(2)16-8-6-14-7-9-16/h12,14-15H,5-11H2,1-4H3. The van der Waals surface area contributed by atoms with Crippen LogP contribution in [-0.2, 0) is 0 Å². The summed E-state index contributed by atoms with van der Waals surface area (Å²) in [7, 11) is 0. The molecule has 0 aromatic heterocycles. The van der Waals surface area contributed by atoms with Crippen molar-refractivity contribution in [2.45, 2.75) is 40.2 Å². The van der Waals surface area contributed by atoms with E-state index >= 15 is 0 Å². The molecule has 0 saturated carbocycles. The van der Waals surface area contributed by atoms with Gasteiger partial charge in [0.15, 0.2) is 0 Å².